The molecule has 1 unspecified atom stereocenters. The maximum absolute atomic E-state index is 12.3. The van der Waals surface area contributed by atoms with Crippen molar-refractivity contribution in [3.05, 3.63) is 58.0 Å². The average Bonchev–Trinajstić information content (AvgIpc) is 3.23. The van der Waals surface area contributed by atoms with Crippen LogP contribution in [0.15, 0.2) is 46.2 Å². The van der Waals surface area contributed by atoms with Gasteiger partial charge in [-0.05, 0) is 30.4 Å². The van der Waals surface area contributed by atoms with Crippen LogP contribution in [-0.2, 0) is 11.3 Å². The number of fused-ring (bicyclic) bond motifs is 1. The van der Waals surface area contributed by atoms with E-state index in [-0.39, 0.29) is 6.04 Å². The quantitative estimate of drug-likeness (QED) is 0.594. The van der Waals surface area contributed by atoms with Crippen LogP contribution in [0.3, 0.4) is 0 Å². The molecule has 0 aliphatic heterocycles. The molecule has 0 aliphatic carbocycles. The lowest BCUT2D eigenvalue weighted by Gasteiger charge is -2.21. The molecule has 25 heavy (non-hydrogen) atoms. The van der Waals surface area contributed by atoms with Crippen molar-refractivity contribution >= 4 is 28.3 Å². The first kappa shape index (κ1) is 17.7. The predicted molar refractivity (Wildman–Crippen MR) is 101 cm³/mol. The fourth-order valence-electron chi connectivity index (χ4n) is 2.98. The summed E-state index contributed by atoms with van der Waals surface area (Å²) in [5.74, 6) is 0.319. The van der Waals surface area contributed by atoms with Crippen LogP contribution in [0.1, 0.15) is 47.8 Å². The van der Waals surface area contributed by atoms with Crippen molar-refractivity contribution in [2.75, 3.05) is 6.61 Å². The molecule has 0 saturated heterocycles. The number of thiophene rings is 1. The molecule has 0 amide bonds. The summed E-state index contributed by atoms with van der Waals surface area (Å²) in [7, 11) is 0. The van der Waals surface area contributed by atoms with Gasteiger partial charge in [-0.1, -0.05) is 38.1 Å². The molecule has 5 heteroatoms. The van der Waals surface area contributed by atoms with E-state index in [0.29, 0.717) is 30.4 Å². The van der Waals surface area contributed by atoms with Gasteiger partial charge in [0.1, 0.15) is 5.58 Å². The monoisotopic (exact) mass is 357 g/mol. The third kappa shape index (κ3) is 3.78. The lowest BCUT2D eigenvalue weighted by molar-refractivity contribution is 0.0490. The fourth-order valence-corrected chi connectivity index (χ4v) is 3.95. The second-order valence-electron chi connectivity index (χ2n) is 6.24. The zero-order chi connectivity index (χ0) is 17.8. The zero-order valence-electron chi connectivity index (χ0n) is 14.7. The molecule has 4 nitrogen and oxygen atoms in total. The Bertz CT molecular complexity index is 836. The van der Waals surface area contributed by atoms with Crippen molar-refractivity contribution in [1.29, 1.82) is 0 Å². The van der Waals surface area contributed by atoms with E-state index in [1.807, 2.05) is 24.3 Å². The molecule has 0 radical (unpaired) electrons. The molecule has 3 rings (SSSR count). The van der Waals surface area contributed by atoms with Gasteiger partial charge >= 0.3 is 5.97 Å². The number of nitrogens with one attached hydrogen (secondary N) is 1. The van der Waals surface area contributed by atoms with Crippen molar-refractivity contribution in [2.45, 2.75) is 33.4 Å². The van der Waals surface area contributed by atoms with Gasteiger partial charge < -0.3 is 14.5 Å². The van der Waals surface area contributed by atoms with Crippen molar-refractivity contribution in [3.63, 3.8) is 0 Å². The molecule has 1 aromatic carbocycles. The van der Waals surface area contributed by atoms with Gasteiger partial charge in [0, 0.05) is 28.4 Å². The van der Waals surface area contributed by atoms with Crippen molar-refractivity contribution in [3.8, 4) is 0 Å². The molecule has 1 atom stereocenters. The highest BCUT2D eigenvalue weighted by Crippen LogP contribution is 2.30. The highest BCUT2D eigenvalue weighted by Gasteiger charge is 2.23. The Labute approximate surface area is 151 Å². The Morgan fingerprint density at radius 1 is 1.24 bits per heavy atom. The second kappa shape index (κ2) is 7.85. The van der Waals surface area contributed by atoms with E-state index in [1.54, 1.807) is 18.3 Å². The topological polar surface area (TPSA) is 51.5 Å². The van der Waals surface area contributed by atoms with Gasteiger partial charge in [0.2, 0.25) is 5.76 Å². The van der Waals surface area contributed by atoms with Crippen LogP contribution in [0.4, 0.5) is 0 Å². The van der Waals surface area contributed by atoms with Crippen LogP contribution in [0.5, 0.6) is 0 Å². The molecule has 0 fully saturated rings. The minimum atomic E-state index is -0.410. The van der Waals surface area contributed by atoms with E-state index >= 15 is 0 Å². The third-order valence-corrected chi connectivity index (χ3v) is 5.13. The molecule has 132 valence electrons. The minimum Gasteiger partial charge on any atom is -0.460 e. The third-order valence-electron chi connectivity index (χ3n) is 4.17. The molecule has 0 saturated carbocycles. The molecule has 2 heterocycles. The summed E-state index contributed by atoms with van der Waals surface area (Å²) in [6.45, 7) is 7.05. The summed E-state index contributed by atoms with van der Waals surface area (Å²) in [6, 6.07) is 12.1. The van der Waals surface area contributed by atoms with E-state index < -0.39 is 5.97 Å². The number of rotatable bonds is 7. The summed E-state index contributed by atoms with van der Waals surface area (Å²) >= 11 is 1.74. The first-order valence-electron chi connectivity index (χ1n) is 8.56. The van der Waals surface area contributed by atoms with Crippen LogP contribution in [0.2, 0.25) is 0 Å². The summed E-state index contributed by atoms with van der Waals surface area (Å²) in [6.07, 6.45) is 0. The lowest BCUT2D eigenvalue weighted by Crippen LogP contribution is -2.25. The minimum absolute atomic E-state index is 0.226. The number of benzene rings is 1. The smallest absolute Gasteiger partial charge is 0.374 e. The van der Waals surface area contributed by atoms with Crippen LogP contribution >= 0.6 is 11.3 Å². The second-order valence-corrected chi connectivity index (χ2v) is 7.22. The summed E-state index contributed by atoms with van der Waals surface area (Å²) < 4.78 is 11.0. The molecular weight excluding hydrogens is 334 g/mol. The first-order chi connectivity index (χ1) is 12.1. The number of esters is 1. The van der Waals surface area contributed by atoms with E-state index in [9.17, 15) is 4.79 Å². The van der Waals surface area contributed by atoms with E-state index in [4.69, 9.17) is 9.15 Å². The molecule has 3 aromatic rings. The number of para-hydroxylation sites is 1. The van der Waals surface area contributed by atoms with Crippen molar-refractivity contribution in [2.24, 2.45) is 5.92 Å². The normalized spacial score (nSPS) is 12.6. The van der Waals surface area contributed by atoms with Crippen LogP contribution in [0, 0.1) is 5.92 Å². The molecule has 2 aromatic heterocycles. The van der Waals surface area contributed by atoms with Crippen LogP contribution in [-0.4, -0.2) is 12.6 Å². The highest BCUT2D eigenvalue weighted by atomic mass is 32.1. The maximum atomic E-state index is 12.3. The average molecular weight is 357 g/mol. The Morgan fingerprint density at radius 3 is 2.72 bits per heavy atom. The van der Waals surface area contributed by atoms with Crippen LogP contribution in [0.25, 0.3) is 11.0 Å². The van der Waals surface area contributed by atoms with E-state index in [2.05, 4.69) is 36.7 Å². The van der Waals surface area contributed by atoms with Gasteiger partial charge in [0.15, 0.2) is 0 Å². The number of hydrogen-bond donors (Lipinski definition) is 1. The molecule has 0 bridgehead atoms. The van der Waals surface area contributed by atoms with Gasteiger partial charge in [-0.2, -0.15) is 0 Å². The van der Waals surface area contributed by atoms with Crippen molar-refractivity contribution < 1.29 is 13.9 Å². The summed E-state index contributed by atoms with van der Waals surface area (Å²) in [5.41, 5.74) is 1.57. The van der Waals surface area contributed by atoms with E-state index in [1.165, 1.54) is 4.88 Å². The molecular formula is C20H23NO3S. The first-order valence-corrected chi connectivity index (χ1v) is 9.44. The molecule has 0 spiro atoms. The zero-order valence-corrected chi connectivity index (χ0v) is 15.6. The lowest BCUT2D eigenvalue weighted by atomic mass is 10.0. The molecule has 1 N–H and O–H groups in total. The summed E-state index contributed by atoms with van der Waals surface area (Å²) in [5, 5.41) is 6.63. The number of carbonyl (C=O) groups is 1. The highest BCUT2D eigenvalue weighted by molar-refractivity contribution is 7.10. The van der Waals surface area contributed by atoms with Gasteiger partial charge in [0.25, 0.3) is 0 Å². The van der Waals surface area contributed by atoms with Crippen molar-refractivity contribution in [1.82, 2.24) is 5.32 Å². The maximum Gasteiger partial charge on any atom is 0.374 e. The van der Waals surface area contributed by atoms with Gasteiger partial charge in [0.05, 0.1) is 6.61 Å². The number of furan rings is 1. The van der Waals surface area contributed by atoms with Gasteiger partial charge in [-0.15, -0.1) is 11.3 Å². The van der Waals surface area contributed by atoms with E-state index in [0.717, 1.165) is 10.9 Å². The largest absolute Gasteiger partial charge is 0.460 e. The van der Waals surface area contributed by atoms with Gasteiger partial charge in [-0.3, -0.25) is 0 Å². The molecule has 0 aliphatic rings. The van der Waals surface area contributed by atoms with Crippen LogP contribution < -0.4 is 5.32 Å². The Balaban J connectivity index is 1.91. The fraction of sp³-hybridized carbons (Fsp3) is 0.350. The number of hydrogen-bond acceptors (Lipinski definition) is 5. The number of ether oxygens (including phenoxy) is 1. The Hall–Kier alpha value is -2.11. The summed E-state index contributed by atoms with van der Waals surface area (Å²) in [4.78, 5) is 13.6. The standard InChI is InChI=1S/C20H23NO3S/c1-4-23-20(22)19-15(14-8-5-6-9-16(14)24-19)12-21-18(13(2)3)17-10-7-11-25-17/h5-11,13,18,21H,4,12H2,1-3H3. The Morgan fingerprint density at radius 2 is 2.04 bits per heavy atom. The number of carbonyl (C=O) groups excluding carboxylic acids is 1. The Kier molecular flexibility index (Phi) is 5.56. The SMILES string of the molecule is CCOC(=O)c1oc2ccccc2c1CNC(c1cccs1)C(C)C. The van der Waals surface area contributed by atoms with Gasteiger partial charge in [-0.25, -0.2) is 4.79 Å². The predicted octanol–water partition coefficient (Wildman–Crippen LogP) is 5.16.